The van der Waals surface area contributed by atoms with Gasteiger partial charge in [-0.2, -0.15) is 0 Å². The van der Waals surface area contributed by atoms with Crippen LogP contribution in [-0.2, 0) is 24.3 Å². The van der Waals surface area contributed by atoms with Crippen LogP contribution in [0.3, 0.4) is 0 Å². The lowest BCUT2D eigenvalue weighted by Crippen LogP contribution is -2.32. The summed E-state index contributed by atoms with van der Waals surface area (Å²) in [5.41, 5.74) is -0.0386. The lowest BCUT2D eigenvalue weighted by molar-refractivity contribution is -0.152. The third-order valence-corrected chi connectivity index (χ3v) is 5.92. The number of anilines is 1. The Kier molecular flexibility index (Phi) is 7.65. The number of halogens is 1. The molecule has 2 aromatic carbocycles. The second-order valence-electron chi connectivity index (χ2n) is 6.91. The molecule has 1 atom stereocenters. The number of fused-ring (bicyclic) bond motifs is 1. The van der Waals surface area contributed by atoms with E-state index in [1.54, 1.807) is 6.07 Å². The maximum atomic E-state index is 13.6. The Balaban J connectivity index is 1.49. The van der Waals surface area contributed by atoms with Crippen molar-refractivity contribution in [2.24, 2.45) is 0 Å². The monoisotopic (exact) mass is 466 g/mol. The van der Waals surface area contributed by atoms with Gasteiger partial charge in [-0.1, -0.05) is 12.1 Å². The maximum Gasteiger partial charge on any atom is 0.307 e. The SMILES string of the molecule is C[C@@H](OC(=O)CCNS(=O)(=O)c1ccc2c(c1)OCCCO2)C(=O)Nc1ccccc1F. The van der Waals surface area contributed by atoms with Crippen LogP contribution in [0.5, 0.6) is 11.5 Å². The number of esters is 1. The van der Waals surface area contributed by atoms with Gasteiger partial charge in [0.05, 0.1) is 30.2 Å². The maximum absolute atomic E-state index is 13.6. The Morgan fingerprint density at radius 3 is 2.59 bits per heavy atom. The first-order valence-electron chi connectivity index (χ1n) is 9.90. The van der Waals surface area contributed by atoms with E-state index in [2.05, 4.69) is 10.0 Å². The molecular formula is C21H23FN2O7S. The van der Waals surface area contributed by atoms with Crippen molar-refractivity contribution >= 4 is 27.6 Å². The van der Waals surface area contributed by atoms with Crippen molar-refractivity contribution in [1.82, 2.24) is 4.72 Å². The number of hydrogen-bond acceptors (Lipinski definition) is 7. The number of amides is 1. The first kappa shape index (κ1) is 23.5. The van der Waals surface area contributed by atoms with Crippen molar-refractivity contribution in [3.05, 3.63) is 48.3 Å². The number of carbonyl (C=O) groups excluding carboxylic acids is 2. The molecule has 0 aliphatic carbocycles. The molecule has 1 heterocycles. The van der Waals surface area contributed by atoms with Crippen LogP contribution in [0.4, 0.5) is 10.1 Å². The van der Waals surface area contributed by atoms with Crippen molar-refractivity contribution in [3.63, 3.8) is 0 Å². The van der Waals surface area contributed by atoms with E-state index in [9.17, 15) is 22.4 Å². The van der Waals surface area contributed by atoms with Gasteiger partial charge in [0.1, 0.15) is 5.82 Å². The molecule has 0 bridgehead atoms. The summed E-state index contributed by atoms with van der Waals surface area (Å²) >= 11 is 0. The predicted octanol–water partition coefficient (Wildman–Crippen LogP) is 2.23. The Labute approximate surface area is 184 Å². The Morgan fingerprint density at radius 2 is 1.84 bits per heavy atom. The molecule has 172 valence electrons. The molecule has 1 aliphatic heterocycles. The van der Waals surface area contributed by atoms with Crippen LogP contribution in [0.1, 0.15) is 19.8 Å². The summed E-state index contributed by atoms with van der Waals surface area (Å²) in [6.45, 7) is 1.99. The van der Waals surface area contributed by atoms with Gasteiger partial charge in [0.2, 0.25) is 10.0 Å². The Morgan fingerprint density at radius 1 is 1.12 bits per heavy atom. The summed E-state index contributed by atoms with van der Waals surface area (Å²) in [4.78, 5) is 24.0. The zero-order valence-electron chi connectivity index (χ0n) is 17.3. The highest BCUT2D eigenvalue weighted by molar-refractivity contribution is 7.89. The van der Waals surface area contributed by atoms with Crippen LogP contribution in [0.2, 0.25) is 0 Å². The van der Waals surface area contributed by atoms with Crippen LogP contribution in [0.15, 0.2) is 47.4 Å². The van der Waals surface area contributed by atoms with Gasteiger partial charge in [0, 0.05) is 19.0 Å². The fourth-order valence-corrected chi connectivity index (χ4v) is 3.83. The van der Waals surface area contributed by atoms with Crippen LogP contribution in [0, 0.1) is 5.82 Å². The molecule has 0 saturated carbocycles. The minimum Gasteiger partial charge on any atom is -0.490 e. The van der Waals surface area contributed by atoms with Gasteiger partial charge in [-0.3, -0.25) is 9.59 Å². The predicted molar refractivity (Wildman–Crippen MR) is 112 cm³/mol. The topological polar surface area (TPSA) is 120 Å². The number of nitrogens with one attached hydrogen (secondary N) is 2. The van der Waals surface area contributed by atoms with Crippen LogP contribution >= 0.6 is 0 Å². The summed E-state index contributed by atoms with van der Waals surface area (Å²) in [6, 6.07) is 9.82. The highest BCUT2D eigenvalue weighted by Gasteiger charge is 2.21. The van der Waals surface area contributed by atoms with E-state index in [0.717, 1.165) is 0 Å². The van der Waals surface area contributed by atoms with Crippen LogP contribution < -0.4 is 19.5 Å². The highest BCUT2D eigenvalue weighted by Crippen LogP contribution is 2.31. The second-order valence-corrected chi connectivity index (χ2v) is 8.67. The summed E-state index contributed by atoms with van der Waals surface area (Å²) in [6.07, 6.45) is -0.810. The van der Waals surface area contributed by atoms with E-state index in [0.29, 0.717) is 31.1 Å². The lowest BCUT2D eigenvalue weighted by Gasteiger charge is -2.14. The standard InChI is InChI=1S/C21H23FN2O7S/c1-14(21(26)24-17-6-3-2-5-16(17)22)31-20(25)9-10-23-32(27,28)15-7-8-18-19(13-15)30-12-4-11-29-18/h2-3,5-8,13-14,23H,4,9-12H2,1H3,(H,24,26)/t14-/m1/s1. The van der Waals surface area contributed by atoms with E-state index in [4.69, 9.17) is 14.2 Å². The molecule has 0 aromatic heterocycles. The van der Waals surface area contributed by atoms with Crippen molar-refractivity contribution in [3.8, 4) is 11.5 Å². The molecule has 32 heavy (non-hydrogen) atoms. The smallest absolute Gasteiger partial charge is 0.307 e. The van der Waals surface area contributed by atoms with Gasteiger partial charge in [0.25, 0.3) is 5.91 Å². The highest BCUT2D eigenvalue weighted by atomic mass is 32.2. The summed E-state index contributed by atoms with van der Waals surface area (Å²) in [5, 5.41) is 2.32. The van der Waals surface area contributed by atoms with Gasteiger partial charge < -0.3 is 19.5 Å². The fraction of sp³-hybridized carbons (Fsp3) is 0.333. The van der Waals surface area contributed by atoms with Crippen LogP contribution in [-0.4, -0.2) is 46.2 Å². The van der Waals surface area contributed by atoms with Gasteiger partial charge in [-0.15, -0.1) is 0 Å². The molecule has 0 spiro atoms. The number of carbonyl (C=O) groups is 2. The molecule has 0 fully saturated rings. The summed E-state index contributed by atoms with van der Waals surface area (Å²) in [7, 11) is -3.91. The van der Waals surface area contributed by atoms with Crippen LogP contribution in [0.25, 0.3) is 0 Å². The molecule has 0 saturated heterocycles. The van der Waals surface area contributed by atoms with Crippen molar-refractivity contribution in [2.75, 3.05) is 25.1 Å². The summed E-state index contributed by atoms with van der Waals surface area (Å²) in [5.74, 6) is -1.32. The number of rotatable bonds is 8. The fourth-order valence-electron chi connectivity index (χ4n) is 2.79. The number of hydrogen-bond donors (Lipinski definition) is 2. The van der Waals surface area contributed by atoms with E-state index < -0.39 is 33.8 Å². The van der Waals surface area contributed by atoms with E-state index in [1.807, 2.05) is 0 Å². The average molecular weight is 466 g/mol. The first-order valence-corrected chi connectivity index (χ1v) is 11.4. The Hall–Kier alpha value is -3.18. The number of para-hydroxylation sites is 1. The zero-order chi connectivity index (χ0) is 23.1. The van der Waals surface area contributed by atoms with Gasteiger partial charge in [0.15, 0.2) is 17.6 Å². The molecular weight excluding hydrogens is 443 g/mol. The minimum absolute atomic E-state index is 0.0345. The van der Waals surface area contributed by atoms with E-state index >= 15 is 0 Å². The number of benzene rings is 2. The third kappa shape index (κ3) is 6.17. The second kappa shape index (κ2) is 10.4. The van der Waals surface area contributed by atoms with Crippen molar-refractivity contribution < 1.29 is 36.6 Å². The van der Waals surface area contributed by atoms with Gasteiger partial charge in [-0.05, 0) is 31.2 Å². The molecule has 2 N–H and O–H groups in total. The van der Waals surface area contributed by atoms with Crippen molar-refractivity contribution in [1.29, 1.82) is 0 Å². The molecule has 9 nitrogen and oxygen atoms in total. The molecule has 2 aromatic rings. The quantitative estimate of drug-likeness (QED) is 0.573. The molecule has 1 amide bonds. The van der Waals surface area contributed by atoms with Gasteiger partial charge in [-0.25, -0.2) is 17.5 Å². The molecule has 3 rings (SSSR count). The lowest BCUT2D eigenvalue weighted by atomic mass is 10.3. The number of ether oxygens (including phenoxy) is 3. The third-order valence-electron chi connectivity index (χ3n) is 4.46. The molecule has 11 heteroatoms. The number of sulfonamides is 1. The largest absolute Gasteiger partial charge is 0.490 e. The minimum atomic E-state index is -3.91. The summed E-state index contributed by atoms with van der Waals surface area (Å²) < 4.78 is 56.8. The van der Waals surface area contributed by atoms with E-state index in [1.165, 1.54) is 43.3 Å². The molecule has 0 unspecified atom stereocenters. The first-order chi connectivity index (χ1) is 15.3. The van der Waals surface area contributed by atoms with E-state index in [-0.39, 0.29) is 23.5 Å². The average Bonchev–Trinajstić information content (AvgIpc) is 3.00. The molecule has 1 aliphatic rings. The zero-order valence-corrected chi connectivity index (χ0v) is 18.1. The van der Waals surface area contributed by atoms with Crippen molar-refractivity contribution in [2.45, 2.75) is 30.8 Å². The van der Waals surface area contributed by atoms with Gasteiger partial charge >= 0.3 is 5.97 Å². The molecule has 0 radical (unpaired) electrons. The Bertz CT molecular complexity index is 1090. The normalized spacial score (nSPS) is 14.2.